The number of anilines is 1. The van der Waals surface area contributed by atoms with Gasteiger partial charge in [-0.2, -0.15) is 0 Å². The quantitative estimate of drug-likeness (QED) is 0.435. The minimum Gasteiger partial charge on any atom is -0.506 e. The van der Waals surface area contributed by atoms with Crippen molar-refractivity contribution in [2.75, 3.05) is 37.7 Å². The molecule has 2 heterocycles. The van der Waals surface area contributed by atoms with Gasteiger partial charge in [0.25, 0.3) is 11.8 Å². The molecule has 2 aliphatic heterocycles. The molecule has 4 rings (SSSR count). The van der Waals surface area contributed by atoms with Gasteiger partial charge in [-0.1, -0.05) is 37.6 Å². The van der Waals surface area contributed by atoms with Crippen LogP contribution in [0.5, 0.6) is 11.5 Å². The number of imide groups is 2. The van der Waals surface area contributed by atoms with Crippen LogP contribution in [0.3, 0.4) is 0 Å². The number of barbiturate groups is 1. The van der Waals surface area contributed by atoms with E-state index in [1.165, 1.54) is 0 Å². The van der Waals surface area contributed by atoms with Gasteiger partial charge in [0.15, 0.2) is 0 Å². The molecule has 0 saturated carbocycles. The van der Waals surface area contributed by atoms with Crippen LogP contribution in [0, 0.1) is 0 Å². The fraction of sp³-hybridized carbons (Fsp3) is 0.375. The maximum Gasteiger partial charge on any atom is 0.328 e. The Kier molecular flexibility index (Phi) is 6.50. The molecule has 2 aromatic rings. The number of amides is 4. The lowest BCUT2D eigenvalue weighted by molar-refractivity contribution is -0.149. The lowest BCUT2D eigenvalue weighted by atomic mass is 9.84. The predicted octanol–water partition coefficient (Wildman–Crippen LogP) is 1.95. The van der Waals surface area contributed by atoms with Gasteiger partial charge < -0.3 is 14.7 Å². The van der Waals surface area contributed by atoms with Gasteiger partial charge in [-0.25, -0.2) is 4.79 Å². The monoisotopic (exact) mass is 452 g/mol. The van der Waals surface area contributed by atoms with Crippen LogP contribution < -0.4 is 20.3 Å². The summed E-state index contributed by atoms with van der Waals surface area (Å²) < 4.78 is 5.71. The summed E-state index contributed by atoms with van der Waals surface area (Å²) in [6, 6.07) is 13.1. The molecule has 9 heteroatoms. The number of phenols is 1. The molecule has 0 radical (unpaired) electrons. The first-order valence-corrected chi connectivity index (χ1v) is 11.1. The van der Waals surface area contributed by atoms with E-state index in [-0.39, 0.29) is 5.75 Å². The van der Waals surface area contributed by atoms with Crippen LogP contribution in [0.4, 0.5) is 10.5 Å². The van der Waals surface area contributed by atoms with Gasteiger partial charge in [0.05, 0.1) is 12.3 Å². The van der Waals surface area contributed by atoms with Gasteiger partial charge >= 0.3 is 6.03 Å². The third kappa shape index (κ3) is 4.23. The second-order valence-electron chi connectivity index (χ2n) is 8.14. The molecule has 2 fully saturated rings. The highest BCUT2D eigenvalue weighted by atomic mass is 16.5. The van der Waals surface area contributed by atoms with E-state index < -0.39 is 23.4 Å². The predicted molar refractivity (Wildman–Crippen MR) is 122 cm³/mol. The number of para-hydroxylation sites is 2. The van der Waals surface area contributed by atoms with Crippen molar-refractivity contribution in [1.29, 1.82) is 0 Å². The van der Waals surface area contributed by atoms with Crippen molar-refractivity contribution in [3.63, 3.8) is 0 Å². The summed E-state index contributed by atoms with van der Waals surface area (Å²) in [7, 11) is 0. The Hall–Kier alpha value is -3.59. The van der Waals surface area contributed by atoms with Crippen molar-refractivity contribution in [1.82, 2.24) is 15.5 Å². The normalized spacial score (nSPS) is 18.6. The highest BCUT2D eigenvalue weighted by Gasteiger charge is 2.56. The molecular weight excluding hydrogens is 424 g/mol. The van der Waals surface area contributed by atoms with Crippen LogP contribution in [0.2, 0.25) is 0 Å². The number of carbonyl (C=O) groups excluding carboxylic acids is 3. The maximum absolute atomic E-state index is 13.2. The fourth-order valence-corrected chi connectivity index (χ4v) is 4.39. The standard InChI is InChI=1S/C24H28N4O5/c1-2-3-16-33-18-10-8-17(9-11-18)24(21(30)25-23(32)26-22(24)31)28-14-12-27(13-15-28)19-6-4-5-7-20(19)29/h4-11,29H,2-3,12-16H2,1H3,(H2,25,26,30,31,32). The minimum atomic E-state index is -1.68. The molecule has 33 heavy (non-hydrogen) atoms. The molecule has 9 nitrogen and oxygen atoms in total. The Bertz CT molecular complexity index is 1010. The van der Waals surface area contributed by atoms with Gasteiger partial charge in [-0.3, -0.25) is 25.1 Å². The fourth-order valence-electron chi connectivity index (χ4n) is 4.39. The molecule has 3 N–H and O–H groups in total. The van der Waals surface area contributed by atoms with Crippen molar-refractivity contribution < 1.29 is 24.2 Å². The number of phenolic OH excluding ortho intramolecular Hbond substituents is 1. The van der Waals surface area contributed by atoms with Gasteiger partial charge in [-0.15, -0.1) is 0 Å². The molecule has 0 spiro atoms. The number of nitrogens with one attached hydrogen (secondary N) is 2. The summed E-state index contributed by atoms with van der Waals surface area (Å²) in [6.07, 6.45) is 1.95. The first kappa shape index (κ1) is 22.6. The van der Waals surface area contributed by atoms with Crippen LogP contribution in [-0.4, -0.2) is 60.6 Å². The number of hydrogen-bond donors (Lipinski definition) is 3. The number of hydrogen-bond acceptors (Lipinski definition) is 7. The molecule has 0 bridgehead atoms. The highest BCUT2D eigenvalue weighted by Crippen LogP contribution is 2.35. The number of urea groups is 1. The Morgan fingerprint density at radius 2 is 1.58 bits per heavy atom. The molecule has 0 atom stereocenters. The van der Waals surface area contributed by atoms with Gasteiger partial charge in [0.1, 0.15) is 11.5 Å². The zero-order valence-electron chi connectivity index (χ0n) is 18.5. The van der Waals surface area contributed by atoms with Crippen LogP contribution in [0.15, 0.2) is 48.5 Å². The molecule has 0 aromatic heterocycles. The number of aromatic hydroxyl groups is 1. The van der Waals surface area contributed by atoms with Crippen molar-refractivity contribution in [2.45, 2.75) is 25.3 Å². The SMILES string of the molecule is CCCCOc1ccc(C2(N3CCN(c4ccccc4O)CC3)C(=O)NC(=O)NC2=O)cc1. The zero-order valence-corrected chi connectivity index (χ0v) is 18.5. The number of carbonyl (C=O) groups is 3. The summed E-state index contributed by atoms with van der Waals surface area (Å²) in [4.78, 5) is 42.1. The summed E-state index contributed by atoms with van der Waals surface area (Å²) in [5.41, 5.74) is -0.517. The van der Waals surface area contributed by atoms with Crippen LogP contribution in [0.1, 0.15) is 25.3 Å². The summed E-state index contributed by atoms with van der Waals surface area (Å²) >= 11 is 0. The van der Waals surface area contributed by atoms with E-state index >= 15 is 0 Å². The van der Waals surface area contributed by atoms with E-state index in [0.29, 0.717) is 49.8 Å². The lowest BCUT2D eigenvalue weighted by Gasteiger charge is -2.47. The molecule has 0 unspecified atom stereocenters. The number of rotatable bonds is 7. The van der Waals surface area contributed by atoms with E-state index in [0.717, 1.165) is 12.8 Å². The smallest absolute Gasteiger partial charge is 0.328 e. The van der Waals surface area contributed by atoms with Gasteiger partial charge in [0.2, 0.25) is 5.54 Å². The first-order chi connectivity index (χ1) is 16.0. The number of ether oxygens (including phenoxy) is 1. The minimum absolute atomic E-state index is 0.179. The molecule has 2 saturated heterocycles. The molecule has 2 aliphatic rings. The molecule has 0 aliphatic carbocycles. The Morgan fingerprint density at radius 3 is 2.18 bits per heavy atom. The maximum atomic E-state index is 13.2. The Labute approximate surface area is 192 Å². The Balaban J connectivity index is 1.61. The van der Waals surface area contributed by atoms with Crippen LogP contribution in [-0.2, 0) is 15.1 Å². The van der Waals surface area contributed by atoms with E-state index in [1.807, 2.05) is 17.0 Å². The van der Waals surface area contributed by atoms with E-state index in [4.69, 9.17) is 4.74 Å². The van der Waals surface area contributed by atoms with E-state index in [9.17, 15) is 19.5 Å². The summed E-state index contributed by atoms with van der Waals surface area (Å²) in [5.74, 6) is -0.517. The lowest BCUT2D eigenvalue weighted by Crippen LogP contribution is -2.73. The average Bonchev–Trinajstić information content (AvgIpc) is 2.81. The largest absolute Gasteiger partial charge is 0.506 e. The van der Waals surface area contributed by atoms with Crippen molar-refractivity contribution in [3.8, 4) is 11.5 Å². The number of nitrogens with zero attached hydrogens (tertiary/aromatic N) is 2. The topological polar surface area (TPSA) is 111 Å². The first-order valence-electron chi connectivity index (χ1n) is 11.1. The molecule has 4 amide bonds. The number of unbranched alkanes of at least 4 members (excludes halogenated alkanes) is 1. The zero-order chi connectivity index (χ0) is 23.4. The van der Waals surface area contributed by atoms with E-state index in [2.05, 4.69) is 17.6 Å². The molecule has 174 valence electrons. The second-order valence-corrected chi connectivity index (χ2v) is 8.14. The van der Waals surface area contributed by atoms with E-state index in [1.54, 1.807) is 41.3 Å². The third-order valence-electron chi connectivity index (χ3n) is 6.13. The third-order valence-corrected chi connectivity index (χ3v) is 6.13. The summed E-state index contributed by atoms with van der Waals surface area (Å²) in [6.45, 7) is 4.40. The Morgan fingerprint density at radius 1 is 0.939 bits per heavy atom. The molecular formula is C24H28N4O5. The summed E-state index contributed by atoms with van der Waals surface area (Å²) in [5, 5.41) is 14.7. The van der Waals surface area contributed by atoms with Crippen molar-refractivity contribution >= 4 is 23.5 Å². The second kappa shape index (κ2) is 9.50. The van der Waals surface area contributed by atoms with Crippen LogP contribution in [0.25, 0.3) is 0 Å². The number of benzene rings is 2. The van der Waals surface area contributed by atoms with Crippen molar-refractivity contribution in [2.24, 2.45) is 0 Å². The number of piperazine rings is 1. The average molecular weight is 453 g/mol. The molecule has 2 aromatic carbocycles. The van der Waals surface area contributed by atoms with Crippen LogP contribution >= 0.6 is 0 Å². The highest BCUT2D eigenvalue weighted by molar-refractivity contribution is 6.22. The van der Waals surface area contributed by atoms with Gasteiger partial charge in [0, 0.05) is 26.2 Å². The van der Waals surface area contributed by atoms with Gasteiger partial charge in [-0.05, 0) is 36.2 Å². The van der Waals surface area contributed by atoms with Crippen molar-refractivity contribution in [3.05, 3.63) is 54.1 Å².